The van der Waals surface area contributed by atoms with Crippen LogP contribution in [0.4, 0.5) is 5.82 Å². The molecule has 1 aliphatic heterocycles. The second kappa shape index (κ2) is 3.62. The summed E-state index contributed by atoms with van der Waals surface area (Å²) in [6.07, 6.45) is 3.81. The Hall–Kier alpha value is -1.29. The van der Waals surface area contributed by atoms with Gasteiger partial charge in [-0.25, -0.2) is 0 Å². The lowest BCUT2D eigenvalue weighted by Gasteiger charge is -2.09. The number of carbonyl (C=O) groups excluding carboxylic acids is 1. The van der Waals surface area contributed by atoms with Gasteiger partial charge in [0, 0.05) is 6.20 Å². The van der Waals surface area contributed by atoms with Crippen molar-refractivity contribution in [3.8, 4) is 0 Å². The molecule has 1 aromatic rings. The lowest BCUT2D eigenvalue weighted by molar-refractivity contribution is -0.117. The molecule has 4 heteroatoms. The lowest BCUT2D eigenvalue weighted by Crippen LogP contribution is -2.35. The van der Waals surface area contributed by atoms with Crippen molar-refractivity contribution >= 4 is 11.7 Å². The Morgan fingerprint density at radius 3 is 3.15 bits per heavy atom. The fourth-order valence-corrected chi connectivity index (χ4v) is 1.54. The minimum absolute atomic E-state index is 0.0108. The SMILES string of the molecule is O=C(Nc1ccc[nH]1)C1CCCN1. The highest BCUT2D eigenvalue weighted by Crippen LogP contribution is 2.08. The Morgan fingerprint density at radius 1 is 1.62 bits per heavy atom. The third-order valence-corrected chi connectivity index (χ3v) is 2.23. The zero-order chi connectivity index (χ0) is 9.10. The Kier molecular flexibility index (Phi) is 2.31. The van der Waals surface area contributed by atoms with Crippen LogP contribution in [0.1, 0.15) is 12.8 Å². The smallest absolute Gasteiger partial charge is 0.242 e. The van der Waals surface area contributed by atoms with E-state index in [2.05, 4.69) is 15.6 Å². The summed E-state index contributed by atoms with van der Waals surface area (Å²) in [6.45, 7) is 0.947. The van der Waals surface area contributed by atoms with E-state index < -0.39 is 0 Å². The zero-order valence-electron chi connectivity index (χ0n) is 7.34. The van der Waals surface area contributed by atoms with E-state index in [1.807, 2.05) is 12.1 Å². The molecule has 1 aromatic heterocycles. The molecule has 2 rings (SSSR count). The van der Waals surface area contributed by atoms with Crippen LogP contribution in [0.25, 0.3) is 0 Å². The molecular formula is C9H13N3O. The highest BCUT2D eigenvalue weighted by molar-refractivity contribution is 5.94. The van der Waals surface area contributed by atoms with Gasteiger partial charge in [0.25, 0.3) is 0 Å². The van der Waals surface area contributed by atoms with E-state index in [1.54, 1.807) is 6.20 Å². The van der Waals surface area contributed by atoms with E-state index in [9.17, 15) is 4.79 Å². The van der Waals surface area contributed by atoms with Gasteiger partial charge in [0.1, 0.15) is 5.82 Å². The van der Waals surface area contributed by atoms with E-state index in [0.717, 1.165) is 25.2 Å². The van der Waals surface area contributed by atoms with E-state index in [1.165, 1.54) is 0 Å². The molecule has 1 fully saturated rings. The summed E-state index contributed by atoms with van der Waals surface area (Å²) in [5, 5.41) is 5.95. The first-order valence-corrected chi connectivity index (χ1v) is 4.54. The molecule has 0 aliphatic carbocycles. The highest BCUT2D eigenvalue weighted by atomic mass is 16.2. The molecule has 1 aliphatic rings. The predicted molar refractivity (Wildman–Crippen MR) is 50.4 cm³/mol. The maximum atomic E-state index is 11.5. The number of rotatable bonds is 2. The molecule has 13 heavy (non-hydrogen) atoms. The molecule has 1 saturated heterocycles. The lowest BCUT2D eigenvalue weighted by atomic mass is 10.2. The molecule has 0 spiro atoms. The van der Waals surface area contributed by atoms with Gasteiger partial charge in [0.05, 0.1) is 6.04 Å². The van der Waals surface area contributed by atoms with Crippen LogP contribution in [0.3, 0.4) is 0 Å². The zero-order valence-corrected chi connectivity index (χ0v) is 7.34. The fourth-order valence-electron chi connectivity index (χ4n) is 1.54. The first kappa shape index (κ1) is 8.31. The third kappa shape index (κ3) is 1.89. The van der Waals surface area contributed by atoms with Crippen LogP contribution < -0.4 is 10.6 Å². The molecule has 2 heterocycles. The van der Waals surface area contributed by atoms with Crippen molar-refractivity contribution in [1.82, 2.24) is 10.3 Å². The predicted octanol–water partition coefficient (Wildman–Crippen LogP) is 0.705. The molecule has 1 unspecified atom stereocenters. The number of aromatic amines is 1. The highest BCUT2D eigenvalue weighted by Gasteiger charge is 2.21. The molecule has 0 radical (unpaired) electrons. The second-order valence-electron chi connectivity index (χ2n) is 3.22. The largest absolute Gasteiger partial charge is 0.348 e. The van der Waals surface area contributed by atoms with Gasteiger partial charge >= 0.3 is 0 Å². The van der Waals surface area contributed by atoms with Gasteiger partial charge in [-0.15, -0.1) is 0 Å². The Labute approximate surface area is 76.7 Å². The standard InChI is InChI=1S/C9H13N3O/c13-9(7-3-1-5-10-7)12-8-4-2-6-11-8/h2,4,6-7,10-11H,1,3,5H2,(H,12,13). The number of hydrogen-bond acceptors (Lipinski definition) is 2. The summed E-state index contributed by atoms with van der Waals surface area (Å²) < 4.78 is 0. The fraction of sp³-hybridized carbons (Fsp3) is 0.444. The van der Waals surface area contributed by atoms with E-state index >= 15 is 0 Å². The van der Waals surface area contributed by atoms with Crippen molar-refractivity contribution < 1.29 is 4.79 Å². The summed E-state index contributed by atoms with van der Waals surface area (Å²) in [5.41, 5.74) is 0. The number of carbonyl (C=O) groups is 1. The average molecular weight is 179 g/mol. The van der Waals surface area contributed by atoms with Crippen LogP contribution in [-0.4, -0.2) is 23.5 Å². The van der Waals surface area contributed by atoms with Crippen LogP contribution in [-0.2, 0) is 4.79 Å². The summed E-state index contributed by atoms with van der Waals surface area (Å²) in [6, 6.07) is 3.69. The van der Waals surface area contributed by atoms with Gasteiger partial charge in [-0.3, -0.25) is 4.79 Å². The van der Waals surface area contributed by atoms with Crippen molar-refractivity contribution in [2.75, 3.05) is 11.9 Å². The molecule has 4 nitrogen and oxygen atoms in total. The summed E-state index contributed by atoms with van der Waals surface area (Å²) in [5.74, 6) is 0.818. The number of hydrogen-bond donors (Lipinski definition) is 3. The number of amides is 1. The van der Waals surface area contributed by atoms with Crippen LogP contribution >= 0.6 is 0 Å². The molecular weight excluding hydrogens is 166 g/mol. The van der Waals surface area contributed by atoms with Crippen LogP contribution in [0.5, 0.6) is 0 Å². The third-order valence-electron chi connectivity index (χ3n) is 2.23. The first-order chi connectivity index (χ1) is 6.36. The van der Waals surface area contributed by atoms with Crippen molar-refractivity contribution in [3.05, 3.63) is 18.3 Å². The molecule has 1 atom stereocenters. The summed E-state index contributed by atoms with van der Waals surface area (Å²) in [7, 11) is 0. The maximum absolute atomic E-state index is 11.5. The van der Waals surface area contributed by atoms with Crippen LogP contribution in [0, 0.1) is 0 Å². The molecule has 0 saturated carbocycles. The van der Waals surface area contributed by atoms with Gasteiger partial charge in [-0.1, -0.05) is 0 Å². The van der Waals surface area contributed by atoms with Gasteiger partial charge in [-0.05, 0) is 31.5 Å². The number of H-pyrrole nitrogens is 1. The van der Waals surface area contributed by atoms with E-state index in [4.69, 9.17) is 0 Å². The molecule has 3 N–H and O–H groups in total. The first-order valence-electron chi connectivity index (χ1n) is 4.54. The molecule has 0 bridgehead atoms. The van der Waals surface area contributed by atoms with E-state index in [0.29, 0.717) is 0 Å². The van der Waals surface area contributed by atoms with Gasteiger partial charge in [-0.2, -0.15) is 0 Å². The van der Waals surface area contributed by atoms with Crippen LogP contribution in [0.15, 0.2) is 18.3 Å². The number of aromatic nitrogens is 1. The Morgan fingerprint density at radius 2 is 2.54 bits per heavy atom. The Bertz CT molecular complexity index is 275. The van der Waals surface area contributed by atoms with Gasteiger partial charge in [0.2, 0.25) is 5.91 Å². The summed E-state index contributed by atoms with van der Waals surface area (Å²) in [4.78, 5) is 14.5. The molecule has 0 aromatic carbocycles. The van der Waals surface area contributed by atoms with Gasteiger partial charge < -0.3 is 15.6 Å². The van der Waals surface area contributed by atoms with Crippen LogP contribution in [0.2, 0.25) is 0 Å². The summed E-state index contributed by atoms with van der Waals surface area (Å²) >= 11 is 0. The van der Waals surface area contributed by atoms with Gasteiger partial charge in [0.15, 0.2) is 0 Å². The van der Waals surface area contributed by atoms with Crippen molar-refractivity contribution in [2.45, 2.75) is 18.9 Å². The van der Waals surface area contributed by atoms with E-state index in [-0.39, 0.29) is 11.9 Å². The minimum Gasteiger partial charge on any atom is -0.348 e. The normalized spacial score (nSPS) is 21.7. The number of nitrogens with one attached hydrogen (secondary N) is 3. The topological polar surface area (TPSA) is 56.9 Å². The molecule has 70 valence electrons. The van der Waals surface area contributed by atoms with Crippen molar-refractivity contribution in [2.24, 2.45) is 0 Å². The van der Waals surface area contributed by atoms with Crippen molar-refractivity contribution in [3.63, 3.8) is 0 Å². The quantitative estimate of drug-likeness (QED) is 0.626. The average Bonchev–Trinajstić information content (AvgIpc) is 2.74. The molecule has 1 amide bonds. The maximum Gasteiger partial charge on any atom is 0.242 e. The Balaban J connectivity index is 1.91. The second-order valence-corrected chi connectivity index (χ2v) is 3.22. The monoisotopic (exact) mass is 179 g/mol. The number of anilines is 1. The minimum atomic E-state index is -0.0108. The van der Waals surface area contributed by atoms with Crippen molar-refractivity contribution in [1.29, 1.82) is 0 Å².